The third kappa shape index (κ3) is 2.30. The lowest BCUT2D eigenvalue weighted by molar-refractivity contribution is 0.112. The van der Waals surface area contributed by atoms with Gasteiger partial charge in [-0.2, -0.15) is 0 Å². The smallest absolute Gasteiger partial charge is 0.444 e. The number of hydrogen-bond donors (Lipinski definition) is 2. The van der Waals surface area contributed by atoms with Crippen molar-refractivity contribution < 1.29 is 18.7 Å². The van der Waals surface area contributed by atoms with Gasteiger partial charge in [-0.05, 0) is 12.1 Å². The van der Waals surface area contributed by atoms with E-state index in [0.29, 0.717) is 5.88 Å². The van der Waals surface area contributed by atoms with E-state index in [1.165, 1.54) is 0 Å². The van der Waals surface area contributed by atoms with Crippen molar-refractivity contribution in [3.63, 3.8) is 0 Å². The molecule has 0 saturated carbocycles. The molecule has 0 aliphatic heterocycles. The Morgan fingerprint density at radius 3 is 3.07 bits per heavy atom. The molecule has 0 bridgehead atoms. The molecule has 1 heterocycles. The summed E-state index contributed by atoms with van der Waals surface area (Å²) in [5.74, 6) is 0.349. The van der Waals surface area contributed by atoms with E-state index in [1.807, 2.05) is 24.3 Å². The molecule has 15 heavy (non-hydrogen) atoms. The van der Waals surface area contributed by atoms with Gasteiger partial charge in [-0.25, -0.2) is 0 Å². The predicted octanol–water partition coefficient (Wildman–Crippen LogP) is 1.57. The summed E-state index contributed by atoms with van der Waals surface area (Å²) in [6, 6.07) is 7.39. The van der Waals surface area contributed by atoms with Gasteiger partial charge in [0.2, 0.25) is 12.7 Å². The molecule has 2 N–H and O–H groups in total. The number of aromatic amines is 1. The van der Waals surface area contributed by atoms with Gasteiger partial charge in [0.1, 0.15) is 0 Å². The van der Waals surface area contributed by atoms with E-state index in [2.05, 4.69) is 14.7 Å². The lowest BCUT2D eigenvalue weighted by Crippen LogP contribution is -1.98. The largest absolute Gasteiger partial charge is 0.698 e. The highest BCUT2D eigenvalue weighted by Crippen LogP contribution is 2.22. The molecule has 0 saturated heterocycles. The third-order valence-corrected chi connectivity index (χ3v) is 2.12. The van der Waals surface area contributed by atoms with E-state index in [1.54, 1.807) is 0 Å². The number of aromatic nitrogens is 2. The number of rotatable bonds is 4. The Balaban J connectivity index is 2.11. The number of nitrogens with zero attached hydrogens (tertiary/aromatic N) is 1. The summed E-state index contributed by atoms with van der Waals surface area (Å²) in [6.07, 6.45) is 0. The first-order chi connectivity index (χ1) is 7.27. The van der Waals surface area contributed by atoms with Crippen molar-refractivity contribution in [1.29, 1.82) is 0 Å². The van der Waals surface area contributed by atoms with E-state index < -0.39 is 8.25 Å². The van der Waals surface area contributed by atoms with Crippen molar-refractivity contribution in [2.24, 2.45) is 0 Å². The highest BCUT2D eigenvalue weighted by molar-refractivity contribution is 7.32. The molecule has 1 aromatic carbocycles. The molecule has 1 aromatic heterocycles. The molecule has 1 atom stereocenters. The molecule has 2 aromatic rings. The molecule has 0 aliphatic rings. The fourth-order valence-electron chi connectivity index (χ4n) is 1.18. The quantitative estimate of drug-likeness (QED) is 0.611. The summed E-state index contributed by atoms with van der Waals surface area (Å²) in [6.45, 7) is -0.305. The molecule has 78 valence electrons. The van der Waals surface area contributed by atoms with Gasteiger partial charge < -0.3 is 4.74 Å². The molecule has 7 heteroatoms. The number of fused-ring (bicyclic) bond motifs is 1. The summed E-state index contributed by atoms with van der Waals surface area (Å²) in [4.78, 5) is 8.37. The SMILES string of the molecule is O=[P+](O)OCOc1n[nH]c2ccccc12. The first-order valence-electron chi connectivity index (χ1n) is 4.12. The van der Waals surface area contributed by atoms with Gasteiger partial charge in [-0.3, -0.25) is 5.10 Å². The Hall–Kier alpha value is -1.49. The van der Waals surface area contributed by atoms with Crippen molar-refractivity contribution in [3.8, 4) is 5.88 Å². The monoisotopic (exact) mass is 227 g/mol. The van der Waals surface area contributed by atoms with E-state index in [-0.39, 0.29) is 6.79 Å². The number of nitrogens with one attached hydrogen (secondary N) is 1. The zero-order valence-corrected chi connectivity index (χ0v) is 8.48. The molecule has 6 nitrogen and oxygen atoms in total. The van der Waals surface area contributed by atoms with Crippen molar-refractivity contribution in [2.45, 2.75) is 0 Å². The topological polar surface area (TPSA) is 84.4 Å². The van der Waals surface area contributed by atoms with Crippen LogP contribution in [0, 0.1) is 0 Å². The van der Waals surface area contributed by atoms with Crippen LogP contribution in [0.5, 0.6) is 5.88 Å². The maximum Gasteiger partial charge on any atom is 0.698 e. The Morgan fingerprint density at radius 2 is 2.27 bits per heavy atom. The normalized spacial score (nSPS) is 11.7. The molecule has 0 amide bonds. The molecule has 0 radical (unpaired) electrons. The predicted molar refractivity (Wildman–Crippen MR) is 52.5 cm³/mol. The highest BCUT2D eigenvalue weighted by atomic mass is 31.1. The van der Waals surface area contributed by atoms with Crippen LogP contribution in [0.1, 0.15) is 0 Å². The molecule has 0 spiro atoms. The first-order valence-corrected chi connectivity index (χ1v) is 5.25. The third-order valence-electron chi connectivity index (χ3n) is 1.79. The second kappa shape index (κ2) is 4.35. The maximum atomic E-state index is 10.2. The lowest BCUT2D eigenvalue weighted by atomic mass is 10.2. The highest BCUT2D eigenvalue weighted by Gasteiger charge is 2.13. The molecular weight excluding hydrogens is 219 g/mol. The van der Waals surface area contributed by atoms with Gasteiger partial charge in [0.15, 0.2) is 0 Å². The number of H-pyrrole nitrogens is 1. The van der Waals surface area contributed by atoms with Crippen LogP contribution in [-0.4, -0.2) is 21.9 Å². The first kappa shape index (κ1) is 10.0. The van der Waals surface area contributed by atoms with Crippen LogP contribution >= 0.6 is 8.25 Å². The number of benzene rings is 1. The Morgan fingerprint density at radius 1 is 1.47 bits per heavy atom. The van der Waals surface area contributed by atoms with E-state index in [4.69, 9.17) is 9.63 Å². The van der Waals surface area contributed by atoms with Gasteiger partial charge in [0.05, 0.1) is 10.9 Å². The van der Waals surface area contributed by atoms with Crippen LogP contribution in [0.15, 0.2) is 24.3 Å². The van der Waals surface area contributed by atoms with Crippen LogP contribution in [0.4, 0.5) is 0 Å². The van der Waals surface area contributed by atoms with Crippen molar-refractivity contribution in [1.82, 2.24) is 10.2 Å². The molecule has 1 unspecified atom stereocenters. The number of para-hydroxylation sites is 1. The van der Waals surface area contributed by atoms with Gasteiger partial charge in [-0.1, -0.05) is 16.7 Å². The van der Waals surface area contributed by atoms with Crippen molar-refractivity contribution in [2.75, 3.05) is 6.79 Å². The minimum atomic E-state index is -2.64. The zero-order valence-electron chi connectivity index (χ0n) is 7.58. The van der Waals surface area contributed by atoms with Crippen LogP contribution in [0.3, 0.4) is 0 Å². The second-order valence-electron chi connectivity index (χ2n) is 2.70. The Bertz CT molecular complexity index is 484. The maximum absolute atomic E-state index is 10.2. The van der Waals surface area contributed by atoms with Crippen LogP contribution in [0.25, 0.3) is 10.9 Å². The van der Waals surface area contributed by atoms with Crippen LogP contribution in [-0.2, 0) is 9.09 Å². The average Bonchev–Trinajstić information content (AvgIpc) is 2.62. The van der Waals surface area contributed by atoms with Gasteiger partial charge in [-0.15, -0.1) is 9.99 Å². The van der Waals surface area contributed by atoms with Gasteiger partial charge in [0.25, 0.3) is 0 Å². The zero-order chi connectivity index (χ0) is 10.7. The lowest BCUT2D eigenvalue weighted by Gasteiger charge is -1.96. The standard InChI is InChI=1S/C8H7N2O4P/c11-15(12)14-5-13-8-6-3-1-2-4-7(6)9-10-8/h1-4H,5H2,(H-,9,10,11,12)/p+1. The summed E-state index contributed by atoms with van der Waals surface area (Å²) < 4.78 is 19.6. The fraction of sp³-hybridized carbons (Fsp3) is 0.125. The molecular formula is C8H8N2O4P+. The van der Waals surface area contributed by atoms with Crippen LogP contribution < -0.4 is 4.74 Å². The van der Waals surface area contributed by atoms with Crippen LogP contribution in [0.2, 0.25) is 0 Å². The van der Waals surface area contributed by atoms with Gasteiger partial charge >= 0.3 is 8.25 Å². The number of ether oxygens (including phenoxy) is 1. The Labute approximate surface area is 85.8 Å². The summed E-state index contributed by atoms with van der Waals surface area (Å²) >= 11 is 0. The van der Waals surface area contributed by atoms with E-state index >= 15 is 0 Å². The second-order valence-corrected chi connectivity index (χ2v) is 3.44. The van der Waals surface area contributed by atoms with E-state index in [0.717, 1.165) is 10.9 Å². The molecule has 0 aliphatic carbocycles. The van der Waals surface area contributed by atoms with Gasteiger partial charge in [0, 0.05) is 4.57 Å². The summed E-state index contributed by atoms with van der Waals surface area (Å²) in [5.41, 5.74) is 0.834. The van der Waals surface area contributed by atoms with Crippen molar-refractivity contribution >= 4 is 19.2 Å². The molecule has 2 rings (SSSR count). The van der Waals surface area contributed by atoms with Crippen molar-refractivity contribution in [3.05, 3.63) is 24.3 Å². The Kier molecular flexibility index (Phi) is 2.91. The number of hydrogen-bond acceptors (Lipinski definition) is 4. The summed E-state index contributed by atoms with van der Waals surface area (Å²) in [7, 11) is -2.64. The summed E-state index contributed by atoms with van der Waals surface area (Å²) in [5, 5.41) is 7.45. The minimum Gasteiger partial charge on any atom is -0.444 e. The fourth-order valence-corrected chi connectivity index (χ4v) is 1.32. The average molecular weight is 227 g/mol. The minimum absolute atomic E-state index is 0.305. The molecule has 0 fully saturated rings. The van der Waals surface area contributed by atoms with E-state index in [9.17, 15) is 4.57 Å².